The highest BCUT2D eigenvalue weighted by Crippen LogP contribution is 2.20. The number of nitrogens with zero attached hydrogens (tertiary/aromatic N) is 1. The predicted molar refractivity (Wildman–Crippen MR) is 52.8 cm³/mol. The molecule has 0 bridgehead atoms. The molecule has 0 amide bonds. The molecule has 0 aliphatic heterocycles. The van der Waals surface area contributed by atoms with Gasteiger partial charge in [-0.25, -0.2) is 4.39 Å². The number of allylic oxidation sites excluding steroid dienone is 1. The standard InChI is InChI=1S/C9H7ClFNO2/c10-5-1-2-7-6-8(11)3-4-9(7)12(13)14/h1-4,6H,5H2. The van der Waals surface area contributed by atoms with Gasteiger partial charge in [-0.1, -0.05) is 12.2 Å². The van der Waals surface area contributed by atoms with E-state index >= 15 is 0 Å². The Balaban J connectivity index is 3.15. The van der Waals surface area contributed by atoms with Gasteiger partial charge in [-0.05, 0) is 12.1 Å². The van der Waals surface area contributed by atoms with Gasteiger partial charge in [-0.3, -0.25) is 10.1 Å². The summed E-state index contributed by atoms with van der Waals surface area (Å²) in [4.78, 5) is 9.95. The Labute approximate surface area is 85.0 Å². The lowest BCUT2D eigenvalue weighted by Gasteiger charge is -1.96. The van der Waals surface area contributed by atoms with Crippen molar-refractivity contribution in [3.8, 4) is 0 Å². The summed E-state index contributed by atoms with van der Waals surface area (Å²) in [5.74, 6) is -0.280. The van der Waals surface area contributed by atoms with Crippen LogP contribution in [0, 0.1) is 15.9 Å². The number of benzene rings is 1. The van der Waals surface area contributed by atoms with Crippen molar-refractivity contribution in [2.45, 2.75) is 0 Å². The summed E-state index contributed by atoms with van der Waals surface area (Å²) in [6.45, 7) is 0. The van der Waals surface area contributed by atoms with Gasteiger partial charge in [-0.2, -0.15) is 0 Å². The van der Waals surface area contributed by atoms with E-state index < -0.39 is 10.7 Å². The molecule has 0 N–H and O–H groups in total. The Hall–Kier alpha value is -1.42. The van der Waals surface area contributed by atoms with E-state index in [0.717, 1.165) is 18.2 Å². The van der Waals surface area contributed by atoms with Gasteiger partial charge in [0.1, 0.15) is 5.82 Å². The van der Waals surface area contributed by atoms with Crippen LogP contribution < -0.4 is 0 Å². The van der Waals surface area contributed by atoms with Crippen LogP contribution in [0.3, 0.4) is 0 Å². The molecule has 5 heteroatoms. The third-order valence-corrected chi connectivity index (χ3v) is 1.75. The molecule has 0 fully saturated rings. The summed E-state index contributed by atoms with van der Waals surface area (Å²) in [6.07, 6.45) is 2.94. The van der Waals surface area contributed by atoms with Crippen molar-refractivity contribution in [2.75, 3.05) is 5.88 Å². The van der Waals surface area contributed by atoms with Gasteiger partial charge in [0, 0.05) is 11.9 Å². The van der Waals surface area contributed by atoms with Crippen LogP contribution in [-0.4, -0.2) is 10.8 Å². The van der Waals surface area contributed by atoms with Gasteiger partial charge in [0.25, 0.3) is 5.69 Å². The zero-order valence-corrected chi connectivity index (χ0v) is 7.87. The van der Waals surface area contributed by atoms with E-state index in [-0.39, 0.29) is 17.1 Å². The van der Waals surface area contributed by atoms with Crippen molar-refractivity contribution in [2.24, 2.45) is 0 Å². The Bertz CT molecular complexity index is 379. The molecule has 74 valence electrons. The van der Waals surface area contributed by atoms with Gasteiger partial charge in [0.2, 0.25) is 0 Å². The fraction of sp³-hybridized carbons (Fsp3) is 0.111. The van der Waals surface area contributed by atoms with Crippen molar-refractivity contribution in [3.05, 3.63) is 45.8 Å². The first kappa shape index (κ1) is 10.7. The molecular weight excluding hydrogens is 209 g/mol. The third-order valence-electron chi connectivity index (χ3n) is 1.57. The zero-order valence-electron chi connectivity index (χ0n) is 7.11. The largest absolute Gasteiger partial charge is 0.276 e. The molecule has 0 aliphatic carbocycles. The average molecular weight is 216 g/mol. The molecule has 0 heterocycles. The molecule has 1 rings (SSSR count). The number of halogens is 2. The number of rotatable bonds is 3. The maximum atomic E-state index is 12.7. The van der Waals surface area contributed by atoms with Crippen LogP contribution >= 0.6 is 11.6 Å². The van der Waals surface area contributed by atoms with Crippen molar-refractivity contribution in [3.63, 3.8) is 0 Å². The molecule has 0 saturated carbocycles. The monoisotopic (exact) mass is 215 g/mol. The molecule has 0 atom stereocenters. The Morgan fingerprint density at radius 1 is 1.57 bits per heavy atom. The molecule has 0 unspecified atom stereocenters. The molecule has 0 radical (unpaired) electrons. The van der Waals surface area contributed by atoms with Crippen LogP contribution in [0.5, 0.6) is 0 Å². The quantitative estimate of drug-likeness (QED) is 0.442. The Morgan fingerprint density at radius 2 is 2.29 bits per heavy atom. The summed E-state index contributed by atoms with van der Waals surface area (Å²) in [7, 11) is 0. The molecule has 0 spiro atoms. The normalized spacial score (nSPS) is 10.7. The molecular formula is C9H7ClFNO2. The summed E-state index contributed by atoms with van der Waals surface area (Å²) in [5, 5.41) is 10.5. The average Bonchev–Trinajstić information content (AvgIpc) is 2.14. The summed E-state index contributed by atoms with van der Waals surface area (Å²) >= 11 is 5.37. The minimum absolute atomic E-state index is 0.132. The van der Waals surface area contributed by atoms with Crippen molar-refractivity contribution < 1.29 is 9.31 Å². The topological polar surface area (TPSA) is 43.1 Å². The van der Waals surface area contributed by atoms with Gasteiger partial charge in [0.15, 0.2) is 0 Å². The van der Waals surface area contributed by atoms with Crippen LogP contribution in [0.25, 0.3) is 6.08 Å². The van der Waals surface area contributed by atoms with Gasteiger partial charge < -0.3 is 0 Å². The van der Waals surface area contributed by atoms with Gasteiger partial charge >= 0.3 is 0 Å². The second-order valence-electron chi connectivity index (χ2n) is 2.52. The van der Waals surface area contributed by atoms with Crippen LogP contribution in [0.1, 0.15) is 5.56 Å². The predicted octanol–water partition coefficient (Wildman–Crippen LogP) is 2.99. The summed E-state index contributed by atoms with van der Waals surface area (Å²) in [6, 6.07) is 3.28. The number of alkyl halides is 1. The van der Waals surface area contributed by atoms with Crippen molar-refractivity contribution in [1.82, 2.24) is 0 Å². The minimum Gasteiger partial charge on any atom is -0.258 e. The van der Waals surface area contributed by atoms with Gasteiger partial charge in [0.05, 0.1) is 10.5 Å². The van der Waals surface area contributed by atoms with Crippen molar-refractivity contribution >= 4 is 23.4 Å². The maximum absolute atomic E-state index is 12.7. The molecule has 3 nitrogen and oxygen atoms in total. The molecule has 0 aromatic heterocycles. The lowest BCUT2D eigenvalue weighted by Crippen LogP contribution is -1.92. The second-order valence-corrected chi connectivity index (χ2v) is 2.83. The van der Waals surface area contributed by atoms with Crippen LogP contribution in [0.15, 0.2) is 24.3 Å². The number of nitro groups is 1. The zero-order chi connectivity index (χ0) is 10.6. The highest BCUT2D eigenvalue weighted by Gasteiger charge is 2.11. The highest BCUT2D eigenvalue weighted by atomic mass is 35.5. The summed E-state index contributed by atoms with van der Waals surface area (Å²) < 4.78 is 12.7. The molecule has 0 saturated heterocycles. The van der Waals surface area contributed by atoms with E-state index in [1.807, 2.05) is 0 Å². The minimum atomic E-state index is -0.562. The van der Waals surface area contributed by atoms with Gasteiger partial charge in [-0.15, -0.1) is 11.6 Å². The second kappa shape index (κ2) is 4.72. The highest BCUT2D eigenvalue weighted by molar-refractivity contribution is 6.19. The third kappa shape index (κ3) is 2.53. The van der Waals surface area contributed by atoms with Crippen LogP contribution in [-0.2, 0) is 0 Å². The first-order valence-electron chi connectivity index (χ1n) is 3.81. The molecule has 1 aromatic rings. The van der Waals surface area contributed by atoms with Crippen LogP contribution in [0.4, 0.5) is 10.1 Å². The molecule has 14 heavy (non-hydrogen) atoms. The van der Waals surface area contributed by atoms with E-state index in [1.165, 1.54) is 12.2 Å². The number of hydrogen-bond acceptors (Lipinski definition) is 2. The first-order chi connectivity index (χ1) is 6.65. The van der Waals surface area contributed by atoms with E-state index in [9.17, 15) is 14.5 Å². The first-order valence-corrected chi connectivity index (χ1v) is 4.35. The molecule has 0 aliphatic rings. The fourth-order valence-corrected chi connectivity index (χ4v) is 1.09. The lowest BCUT2D eigenvalue weighted by molar-refractivity contribution is -0.385. The Kier molecular flexibility index (Phi) is 3.59. The van der Waals surface area contributed by atoms with E-state index in [2.05, 4.69) is 0 Å². The number of nitro benzene ring substituents is 1. The van der Waals surface area contributed by atoms with Crippen LogP contribution in [0.2, 0.25) is 0 Å². The van der Waals surface area contributed by atoms with E-state index in [1.54, 1.807) is 0 Å². The van der Waals surface area contributed by atoms with Crippen molar-refractivity contribution in [1.29, 1.82) is 0 Å². The Morgan fingerprint density at radius 3 is 2.86 bits per heavy atom. The maximum Gasteiger partial charge on any atom is 0.276 e. The number of hydrogen-bond donors (Lipinski definition) is 0. The SMILES string of the molecule is O=[N+]([O-])c1ccc(F)cc1C=CCCl. The smallest absolute Gasteiger partial charge is 0.258 e. The van der Waals surface area contributed by atoms with E-state index in [0.29, 0.717) is 0 Å². The summed E-state index contributed by atoms with van der Waals surface area (Å²) in [5.41, 5.74) is 0.0865. The fourth-order valence-electron chi connectivity index (χ4n) is 0.997. The van der Waals surface area contributed by atoms with E-state index in [4.69, 9.17) is 11.6 Å². The lowest BCUT2D eigenvalue weighted by atomic mass is 10.1. The molecule has 1 aromatic carbocycles.